The third-order valence-electron chi connectivity index (χ3n) is 6.09. The quantitative estimate of drug-likeness (QED) is 0.298. The minimum Gasteiger partial charge on any atom is -0.455 e. The van der Waals surface area contributed by atoms with Crippen molar-refractivity contribution in [3.05, 3.63) is 109 Å². The molecule has 0 aliphatic heterocycles. The molecule has 0 saturated carbocycles. The van der Waals surface area contributed by atoms with E-state index in [0.29, 0.717) is 0 Å². The lowest BCUT2D eigenvalue weighted by atomic mass is 10.0. The lowest BCUT2D eigenvalue weighted by Gasteiger charge is -2.20. The Hall–Kier alpha value is -4.04. The molecular weight excluding hydrogens is 378 g/mol. The lowest BCUT2D eigenvalue weighted by Crippen LogP contribution is -2.09. The Morgan fingerprint density at radius 3 is 2.06 bits per heavy atom. The van der Waals surface area contributed by atoms with Gasteiger partial charge in [-0.1, -0.05) is 66.7 Å². The first kappa shape index (κ1) is 17.8. The highest BCUT2D eigenvalue weighted by atomic mass is 16.3. The molecule has 0 aliphatic carbocycles. The summed E-state index contributed by atoms with van der Waals surface area (Å²) in [5.74, 6) is 0. The summed E-state index contributed by atoms with van der Waals surface area (Å²) in [5.41, 5.74) is 6.66. The van der Waals surface area contributed by atoms with Crippen molar-refractivity contribution in [3.63, 3.8) is 0 Å². The molecule has 31 heavy (non-hydrogen) atoms. The van der Waals surface area contributed by atoms with Gasteiger partial charge in [0.25, 0.3) is 0 Å². The summed E-state index contributed by atoms with van der Waals surface area (Å²) >= 11 is 0. The van der Waals surface area contributed by atoms with Gasteiger partial charge in [0.05, 0.1) is 0 Å². The van der Waals surface area contributed by atoms with E-state index < -0.39 is 0 Å². The van der Waals surface area contributed by atoms with E-state index in [4.69, 9.17) is 4.42 Å². The van der Waals surface area contributed by atoms with Crippen LogP contribution in [0.25, 0.3) is 43.8 Å². The molecule has 6 rings (SSSR count). The molecule has 0 unspecified atom stereocenters. The van der Waals surface area contributed by atoms with Crippen LogP contribution in [0.3, 0.4) is 0 Å². The van der Waals surface area contributed by atoms with Crippen LogP contribution in [0.4, 0.5) is 11.4 Å². The zero-order chi connectivity index (χ0) is 20.8. The average Bonchev–Trinajstić information content (AvgIpc) is 3.23. The van der Waals surface area contributed by atoms with Gasteiger partial charge in [0, 0.05) is 34.6 Å². The van der Waals surface area contributed by atoms with Crippen LogP contribution in [0.5, 0.6) is 0 Å². The SMILES string of the molecule is CN(c1ccc(-c2ccccc2)cc1)c1ccc2c(ccc3c4ccccc4oc23)c1. The number of hydrogen-bond donors (Lipinski definition) is 0. The molecule has 148 valence electrons. The van der Waals surface area contributed by atoms with E-state index in [1.807, 2.05) is 18.2 Å². The maximum absolute atomic E-state index is 6.19. The van der Waals surface area contributed by atoms with Crippen LogP contribution in [0.15, 0.2) is 114 Å². The van der Waals surface area contributed by atoms with Crippen LogP contribution in [-0.2, 0) is 0 Å². The Bertz CT molecular complexity index is 1530. The van der Waals surface area contributed by atoms with E-state index in [1.165, 1.54) is 27.3 Å². The highest BCUT2D eigenvalue weighted by molar-refractivity contribution is 6.15. The van der Waals surface area contributed by atoms with Gasteiger partial charge in [0.2, 0.25) is 0 Å². The number of benzene rings is 5. The summed E-state index contributed by atoms with van der Waals surface area (Å²) in [6.45, 7) is 0. The zero-order valence-electron chi connectivity index (χ0n) is 17.2. The standard InChI is InChI=1S/C29H21NO/c1-30(23-14-11-21(12-15-23)20-7-3-2-4-8-20)24-16-18-25-22(19-24)13-17-27-26-9-5-6-10-28(26)31-29(25)27/h2-19H,1H3. The van der Waals surface area contributed by atoms with Crippen molar-refractivity contribution in [1.82, 2.24) is 0 Å². The zero-order valence-corrected chi connectivity index (χ0v) is 17.2. The van der Waals surface area contributed by atoms with Crippen molar-refractivity contribution < 1.29 is 4.42 Å². The Kier molecular flexibility index (Phi) is 4.03. The van der Waals surface area contributed by atoms with Gasteiger partial charge < -0.3 is 9.32 Å². The maximum atomic E-state index is 6.19. The molecular formula is C29H21NO. The highest BCUT2D eigenvalue weighted by Crippen LogP contribution is 2.36. The molecule has 1 aromatic heterocycles. The maximum Gasteiger partial charge on any atom is 0.143 e. The van der Waals surface area contributed by atoms with E-state index in [1.54, 1.807) is 0 Å². The second kappa shape index (κ2) is 7.03. The number of furan rings is 1. The summed E-state index contributed by atoms with van der Waals surface area (Å²) in [6.07, 6.45) is 0. The number of rotatable bonds is 3. The second-order valence-electron chi connectivity index (χ2n) is 7.92. The van der Waals surface area contributed by atoms with Crippen LogP contribution in [0.2, 0.25) is 0 Å². The largest absolute Gasteiger partial charge is 0.455 e. The van der Waals surface area contributed by atoms with Crippen LogP contribution in [0.1, 0.15) is 0 Å². The van der Waals surface area contributed by atoms with Crippen LogP contribution in [-0.4, -0.2) is 7.05 Å². The molecule has 0 amide bonds. The second-order valence-corrected chi connectivity index (χ2v) is 7.92. The summed E-state index contributed by atoms with van der Waals surface area (Å²) in [5, 5.41) is 4.65. The Labute approximate surface area is 181 Å². The van der Waals surface area contributed by atoms with Crippen molar-refractivity contribution in [3.8, 4) is 11.1 Å². The first-order valence-electron chi connectivity index (χ1n) is 10.5. The summed E-state index contributed by atoms with van der Waals surface area (Å²) in [7, 11) is 2.11. The smallest absolute Gasteiger partial charge is 0.143 e. The van der Waals surface area contributed by atoms with Gasteiger partial charge in [0.15, 0.2) is 0 Å². The van der Waals surface area contributed by atoms with Gasteiger partial charge in [-0.05, 0) is 59.0 Å². The van der Waals surface area contributed by atoms with E-state index in [9.17, 15) is 0 Å². The van der Waals surface area contributed by atoms with Gasteiger partial charge in [-0.15, -0.1) is 0 Å². The summed E-state index contributed by atoms with van der Waals surface area (Å²) < 4.78 is 6.19. The predicted molar refractivity (Wildman–Crippen MR) is 131 cm³/mol. The van der Waals surface area contributed by atoms with Gasteiger partial charge in [0.1, 0.15) is 11.2 Å². The molecule has 0 aliphatic rings. The third-order valence-corrected chi connectivity index (χ3v) is 6.09. The Morgan fingerprint density at radius 1 is 0.548 bits per heavy atom. The summed E-state index contributed by atoms with van der Waals surface area (Å²) in [4.78, 5) is 2.22. The fraction of sp³-hybridized carbons (Fsp3) is 0.0345. The van der Waals surface area contributed by atoms with E-state index in [2.05, 4.69) is 103 Å². The Balaban J connectivity index is 1.38. The van der Waals surface area contributed by atoms with Crippen molar-refractivity contribution in [1.29, 1.82) is 0 Å². The van der Waals surface area contributed by atoms with Crippen molar-refractivity contribution in [2.24, 2.45) is 0 Å². The summed E-state index contributed by atoms with van der Waals surface area (Å²) in [6, 6.07) is 38.3. The fourth-order valence-electron chi connectivity index (χ4n) is 4.36. The fourth-order valence-corrected chi connectivity index (χ4v) is 4.36. The predicted octanol–water partition coefficient (Wildman–Crippen LogP) is 8.17. The van der Waals surface area contributed by atoms with Crippen LogP contribution >= 0.6 is 0 Å². The number of para-hydroxylation sites is 1. The topological polar surface area (TPSA) is 16.4 Å². The molecule has 0 saturated heterocycles. The number of nitrogens with zero attached hydrogens (tertiary/aromatic N) is 1. The van der Waals surface area contributed by atoms with E-state index >= 15 is 0 Å². The molecule has 0 fully saturated rings. The molecule has 2 heteroatoms. The number of hydrogen-bond acceptors (Lipinski definition) is 2. The molecule has 2 nitrogen and oxygen atoms in total. The highest BCUT2D eigenvalue weighted by Gasteiger charge is 2.11. The van der Waals surface area contributed by atoms with Crippen LogP contribution < -0.4 is 4.90 Å². The van der Waals surface area contributed by atoms with Crippen LogP contribution in [0, 0.1) is 0 Å². The number of fused-ring (bicyclic) bond motifs is 5. The molecule has 0 bridgehead atoms. The van der Waals surface area contributed by atoms with Gasteiger partial charge >= 0.3 is 0 Å². The third kappa shape index (κ3) is 2.96. The molecule has 0 radical (unpaired) electrons. The Morgan fingerprint density at radius 2 is 1.23 bits per heavy atom. The average molecular weight is 399 g/mol. The van der Waals surface area contributed by atoms with Gasteiger partial charge in [-0.2, -0.15) is 0 Å². The van der Waals surface area contributed by atoms with E-state index in [0.717, 1.165) is 27.9 Å². The first-order chi connectivity index (χ1) is 15.3. The monoisotopic (exact) mass is 399 g/mol. The molecule has 0 atom stereocenters. The first-order valence-corrected chi connectivity index (χ1v) is 10.5. The molecule has 5 aromatic carbocycles. The van der Waals surface area contributed by atoms with Gasteiger partial charge in [-0.3, -0.25) is 0 Å². The molecule has 6 aromatic rings. The van der Waals surface area contributed by atoms with Gasteiger partial charge in [-0.25, -0.2) is 0 Å². The molecule has 1 heterocycles. The molecule has 0 N–H and O–H groups in total. The van der Waals surface area contributed by atoms with Crippen molar-refractivity contribution in [2.45, 2.75) is 0 Å². The molecule has 0 spiro atoms. The lowest BCUT2D eigenvalue weighted by molar-refractivity contribution is 0.672. The normalized spacial score (nSPS) is 11.4. The minimum atomic E-state index is 0.935. The minimum absolute atomic E-state index is 0.935. The van der Waals surface area contributed by atoms with Crippen molar-refractivity contribution in [2.75, 3.05) is 11.9 Å². The van der Waals surface area contributed by atoms with Crippen molar-refractivity contribution >= 4 is 44.1 Å². The van der Waals surface area contributed by atoms with E-state index in [-0.39, 0.29) is 0 Å². The number of anilines is 2.